The molecule has 0 unspecified atom stereocenters. The van der Waals surface area contributed by atoms with Gasteiger partial charge in [-0.1, -0.05) is 23.7 Å². The maximum atomic E-state index is 5.84. The molecule has 0 aliphatic carbocycles. The van der Waals surface area contributed by atoms with Gasteiger partial charge in [-0.2, -0.15) is 9.97 Å². The quantitative estimate of drug-likeness (QED) is 0.782. The number of hydrogen-bond donors (Lipinski definition) is 3. The predicted molar refractivity (Wildman–Crippen MR) is 79.6 cm³/mol. The van der Waals surface area contributed by atoms with E-state index in [9.17, 15) is 0 Å². The van der Waals surface area contributed by atoms with E-state index in [-0.39, 0.29) is 5.95 Å². The molecule has 0 radical (unpaired) electrons. The molecular weight excluding hydrogens is 262 g/mol. The molecule has 0 aliphatic heterocycles. The summed E-state index contributed by atoms with van der Waals surface area (Å²) in [5.41, 5.74) is 6.83. The summed E-state index contributed by atoms with van der Waals surface area (Å²) in [7, 11) is 1.79. The maximum Gasteiger partial charge on any atom is 0.223 e. The zero-order valence-electron chi connectivity index (χ0n) is 10.7. The van der Waals surface area contributed by atoms with E-state index in [2.05, 4.69) is 20.6 Å². The number of nitrogens with two attached hydrogens (primary N) is 1. The Kier molecular flexibility index (Phi) is 4.41. The Balaban J connectivity index is 1.92. The fraction of sp³-hybridized carbons (Fsp3) is 0.231. The highest BCUT2D eigenvalue weighted by atomic mass is 35.5. The van der Waals surface area contributed by atoms with Crippen molar-refractivity contribution in [3.8, 4) is 0 Å². The molecule has 6 heteroatoms. The van der Waals surface area contributed by atoms with Crippen molar-refractivity contribution in [2.75, 3.05) is 30.0 Å². The van der Waals surface area contributed by atoms with E-state index in [1.165, 1.54) is 5.56 Å². The zero-order valence-corrected chi connectivity index (χ0v) is 11.4. The van der Waals surface area contributed by atoms with Crippen LogP contribution in [0.2, 0.25) is 5.02 Å². The Bertz CT molecular complexity index is 541. The number of anilines is 3. The normalized spacial score (nSPS) is 10.2. The van der Waals surface area contributed by atoms with Gasteiger partial charge in [0.25, 0.3) is 0 Å². The van der Waals surface area contributed by atoms with Crippen LogP contribution in [0, 0.1) is 0 Å². The van der Waals surface area contributed by atoms with Gasteiger partial charge in [-0.15, -0.1) is 0 Å². The molecule has 0 aliphatic rings. The molecule has 1 aromatic heterocycles. The summed E-state index contributed by atoms with van der Waals surface area (Å²) < 4.78 is 0. The molecular formula is C13H16ClN5. The minimum atomic E-state index is 0.251. The molecule has 0 saturated carbocycles. The average molecular weight is 278 g/mol. The van der Waals surface area contributed by atoms with Crippen molar-refractivity contribution in [3.63, 3.8) is 0 Å². The first kappa shape index (κ1) is 13.4. The molecule has 19 heavy (non-hydrogen) atoms. The van der Waals surface area contributed by atoms with Crippen LogP contribution in [0.1, 0.15) is 5.56 Å². The average Bonchev–Trinajstić information content (AvgIpc) is 2.40. The topological polar surface area (TPSA) is 75.9 Å². The first-order valence-electron chi connectivity index (χ1n) is 5.98. The molecule has 2 aromatic rings. The van der Waals surface area contributed by atoms with Crippen molar-refractivity contribution in [2.24, 2.45) is 0 Å². The van der Waals surface area contributed by atoms with E-state index >= 15 is 0 Å². The van der Waals surface area contributed by atoms with Crippen molar-refractivity contribution in [2.45, 2.75) is 6.42 Å². The van der Waals surface area contributed by atoms with Gasteiger partial charge in [0.05, 0.1) is 0 Å². The van der Waals surface area contributed by atoms with Gasteiger partial charge in [-0.3, -0.25) is 0 Å². The van der Waals surface area contributed by atoms with Gasteiger partial charge >= 0.3 is 0 Å². The molecule has 0 atom stereocenters. The standard InChI is InChI=1S/C13H16ClN5/c1-16-11-8-12(19-13(15)18-11)17-7-6-9-2-4-10(14)5-3-9/h2-5,8H,6-7H2,1H3,(H4,15,16,17,18,19). The molecule has 2 rings (SSSR count). The molecule has 5 nitrogen and oxygen atoms in total. The molecule has 4 N–H and O–H groups in total. The number of nitrogens with zero attached hydrogens (tertiary/aromatic N) is 2. The number of benzene rings is 1. The third kappa shape index (κ3) is 3.99. The second-order valence-electron chi connectivity index (χ2n) is 4.05. The van der Waals surface area contributed by atoms with E-state index in [0.29, 0.717) is 11.6 Å². The van der Waals surface area contributed by atoms with Crippen LogP contribution in [-0.4, -0.2) is 23.6 Å². The highest BCUT2D eigenvalue weighted by Crippen LogP contribution is 2.13. The number of rotatable bonds is 5. The lowest BCUT2D eigenvalue weighted by Gasteiger charge is -2.08. The van der Waals surface area contributed by atoms with Crippen molar-refractivity contribution in [1.82, 2.24) is 9.97 Å². The smallest absolute Gasteiger partial charge is 0.223 e. The lowest BCUT2D eigenvalue weighted by Crippen LogP contribution is -2.09. The van der Waals surface area contributed by atoms with Gasteiger partial charge in [0, 0.05) is 24.7 Å². The number of nitrogen functional groups attached to an aromatic ring is 1. The van der Waals surface area contributed by atoms with Crippen molar-refractivity contribution in [3.05, 3.63) is 40.9 Å². The third-order valence-electron chi connectivity index (χ3n) is 2.63. The SMILES string of the molecule is CNc1cc(NCCc2ccc(Cl)cc2)nc(N)n1. The van der Waals surface area contributed by atoms with Gasteiger partial charge in [0.2, 0.25) is 5.95 Å². The number of halogens is 1. The van der Waals surface area contributed by atoms with Gasteiger partial charge in [-0.05, 0) is 24.1 Å². The fourth-order valence-electron chi connectivity index (χ4n) is 1.67. The number of aromatic nitrogens is 2. The molecule has 1 heterocycles. The van der Waals surface area contributed by atoms with Crippen molar-refractivity contribution in [1.29, 1.82) is 0 Å². The summed E-state index contributed by atoms with van der Waals surface area (Å²) in [6, 6.07) is 9.62. The zero-order chi connectivity index (χ0) is 13.7. The fourth-order valence-corrected chi connectivity index (χ4v) is 1.80. The molecule has 0 amide bonds. The van der Waals surface area contributed by atoms with Crippen LogP contribution in [0.15, 0.2) is 30.3 Å². The van der Waals surface area contributed by atoms with E-state index in [4.69, 9.17) is 17.3 Å². The number of nitrogens with one attached hydrogen (secondary N) is 2. The summed E-state index contributed by atoms with van der Waals surface area (Å²) in [4.78, 5) is 8.15. The Morgan fingerprint density at radius 1 is 1.16 bits per heavy atom. The number of hydrogen-bond acceptors (Lipinski definition) is 5. The van der Waals surface area contributed by atoms with Crippen LogP contribution in [0.25, 0.3) is 0 Å². The summed E-state index contributed by atoms with van der Waals surface area (Å²) in [6.07, 6.45) is 0.885. The molecule has 0 spiro atoms. The Morgan fingerprint density at radius 2 is 1.84 bits per heavy atom. The minimum absolute atomic E-state index is 0.251. The second-order valence-corrected chi connectivity index (χ2v) is 4.49. The highest BCUT2D eigenvalue weighted by Gasteiger charge is 2.00. The maximum absolute atomic E-state index is 5.84. The van der Waals surface area contributed by atoms with Crippen LogP contribution in [0.4, 0.5) is 17.6 Å². The van der Waals surface area contributed by atoms with E-state index in [0.717, 1.165) is 18.0 Å². The van der Waals surface area contributed by atoms with Crippen LogP contribution in [0.5, 0.6) is 0 Å². The minimum Gasteiger partial charge on any atom is -0.373 e. The van der Waals surface area contributed by atoms with Gasteiger partial charge < -0.3 is 16.4 Å². The molecule has 1 aromatic carbocycles. The summed E-state index contributed by atoms with van der Waals surface area (Å²) in [5, 5.41) is 6.90. The Morgan fingerprint density at radius 3 is 2.53 bits per heavy atom. The third-order valence-corrected chi connectivity index (χ3v) is 2.88. The summed E-state index contributed by atoms with van der Waals surface area (Å²) in [6.45, 7) is 0.765. The molecule has 0 fully saturated rings. The summed E-state index contributed by atoms with van der Waals surface area (Å²) in [5.74, 6) is 1.66. The first-order chi connectivity index (χ1) is 9.17. The lowest BCUT2D eigenvalue weighted by atomic mass is 10.1. The largest absolute Gasteiger partial charge is 0.373 e. The van der Waals surface area contributed by atoms with E-state index in [1.807, 2.05) is 30.3 Å². The monoisotopic (exact) mass is 277 g/mol. The predicted octanol–water partition coefficient (Wildman–Crippen LogP) is 2.41. The molecule has 100 valence electrons. The molecule has 0 bridgehead atoms. The lowest BCUT2D eigenvalue weighted by molar-refractivity contribution is 1.00. The first-order valence-corrected chi connectivity index (χ1v) is 6.36. The van der Waals surface area contributed by atoms with Gasteiger partial charge in [0.15, 0.2) is 0 Å². The van der Waals surface area contributed by atoms with Gasteiger partial charge in [0.1, 0.15) is 11.6 Å². The summed E-state index contributed by atoms with van der Waals surface area (Å²) >= 11 is 5.84. The van der Waals surface area contributed by atoms with Gasteiger partial charge in [-0.25, -0.2) is 0 Å². The second kappa shape index (κ2) is 6.24. The van der Waals surface area contributed by atoms with Crippen molar-refractivity contribution < 1.29 is 0 Å². The van der Waals surface area contributed by atoms with E-state index < -0.39 is 0 Å². The van der Waals surface area contributed by atoms with Crippen LogP contribution in [0.3, 0.4) is 0 Å². The van der Waals surface area contributed by atoms with Crippen LogP contribution in [-0.2, 0) is 6.42 Å². The highest BCUT2D eigenvalue weighted by molar-refractivity contribution is 6.30. The van der Waals surface area contributed by atoms with Crippen LogP contribution >= 0.6 is 11.6 Å². The molecule has 0 saturated heterocycles. The van der Waals surface area contributed by atoms with E-state index in [1.54, 1.807) is 7.05 Å². The van der Waals surface area contributed by atoms with Crippen LogP contribution < -0.4 is 16.4 Å². The Hall–Kier alpha value is -2.01. The Labute approximate surface area is 117 Å². The van der Waals surface area contributed by atoms with Crippen molar-refractivity contribution >= 4 is 29.2 Å².